The molecule has 1 aliphatic rings. The second kappa shape index (κ2) is 8.15. The third kappa shape index (κ3) is 4.82. The van der Waals surface area contributed by atoms with Gasteiger partial charge in [-0.1, -0.05) is 18.2 Å². The number of para-hydroxylation sites is 1. The van der Waals surface area contributed by atoms with Gasteiger partial charge in [-0.2, -0.15) is 0 Å². The molecule has 1 aromatic carbocycles. The summed E-state index contributed by atoms with van der Waals surface area (Å²) >= 11 is 0. The highest BCUT2D eigenvalue weighted by Crippen LogP contribution is 2.17. The molecule has 1 aromatic rings. The topological polar surface area (TPSA) is 33.7 Å². The minimum atomic E-state index is 0.737. The second-order valence-electron chi connectivity index (χ2n) is 4.79. The summed E-state index contributed by atoms with van der Waals surface area (Å²) in [4.78, 5) is 2.41. The van der Waals surface area contributed by atoms with Gasteiger partial charge in [0.2, 0.25) is 0 Å². The molecule has 0 unspecified atom stereocenters. The van der Waals surface area contributed by atoms with Gasteiger partial charge >= 0.3 is 0 Å². The summed E-state index contributed by atoms with van der Waals surface area (Å²) in [7, 11) is 1.95. The van der Waals surface area contributed by atoms with E-state index in [1.807, 2.05) is 25.2 Å². The lowest BCUT2D eigenvalue weighted by molar-refractivity contribution is 0.137. The Labute approximate surface area is 115 Å². The van der Waals surface area contributed by atoms with Crippen LogP contribution in [0.5, 0.6) is 5.75 Å². The molecule has 0 saturated carbocycles. The standard InChI is InChI=1S/C15H24N2O2/c1-16-13-14-5-2-3-6-15(14)19-12-9-17-7-4-10-18-11-8-17/h2-3,5-6,16H,4,7-13H2,1H3. The zero-order valence-electron chi connectivity index (χ0n) is 11.7. The first-order chi connectivity index (χ1) is 9.40. The Bertz CT molecular complexity index is 363. The normalized spacial score (nSPS) is 17.1. The van der Waals surface area contributed by atoms with Crippen molar-refractivity contribution in [3.63, 3.8) is 0 Å². The van der Waals surface area contributed by atoms with E-state index >= 15 is 0 Å². The maximum Gasteiger partial charge on any atom is 0.123 e. The van der Waals surface area contributed by atoms with Crippen molar-refractivity contribution in [2.45, 2.75) is 13.0 Å². The number of hydrogen-bond acceptors (Lipinski definition) is 4. The number of nitrogens with one attached hydrogen (secondary N) is 1. The van der Waals surface area contributed by atoms with Crippen LogP contribution < -0.4 is 10.1 Å². The van der Waals surface area contributed by atoms with Crippen molar-refractivity contribution >= 4 is 0 Å². The molecule has 19 heavy (non-hydrogen) atoms. The molecule has 0 spiro atoms. The van der Waals surface area contributed by atoms with E-state index in [4.69, 9.17) is 9.47 Å². The van der Waals surface area contributed by atoms with Crippen LogP contribution in [0.1, 0.15) is 12.0 Å². The third-order valence-electron chi connectivity index (χ3n) is 3.32. The van der Waals surface area contributed by atoms with Crippen LogP contribution in [0.25, 0.3) is 0 Å². The molecule has 4 nitrogen and oxygen atoms in total. The minimum absolute atomic E-state index is 0.737. The molecule has 0 radical (unpaired) electrons. The Hall–Kier alpha value is -1.10. The van der Waals surface area contributed by atoms with E-state index in [1.54, 1.807) is 0 Å². The number of benzene rings is 1. The second-order valence-corrected chi connectivity index (χ2v) is 4.79. The predicted octanol–water partition coefficient (Wildman–Crippen LogP) is 1.51. The lowest BCUT2D eigenvalue weighted by atomic mass is 10.2. The Kier molecular flexibility index (Phi) is 6.14. The van der Waals surface area contributed by atoms with E-state index in [0.717, 1.165) is 58.2 Å². The zero-order valence-corrected chi connectivity index (χ0v) is 11.7. The first-order valence-electron chi connectivity index (χ1n) is 7.05. The summed E-state index contributed by atoms with van der Waals surface area (Å²) in [6.45, 7) is 6.41. The number of nitrogens with zero attached hydrogens (tertiary/aromatic N) is 1. The SMILES string of the molecule is CNCc1ccccc1OCCN1CCCOCC1. The largest absolute Gasteiger partial charge is 0.492 e. The van der Waals surface area contributed by atoms with Crippen molar-refractivity contribution < 1.29 is 9.47 Å². The molecule has 1 N–H and O–H groups in total. The van der Waals surface area contributed by atoms with E-state index < -0.39 is 0 Å². The van der Waals surface area contributed by atoms with Crippen LogP contribution in [0.2, 0.25) is 0 Å². The Morgan fingerprint density at radius 2 is 2.16 bits per heavy atom. The quantitative estimate of drug-likeness (QED) is 0.844. The molecule has 1 fully saturated rings. The fourth-order valence-electron chi connectivity index (χ4n) is 2.29. The summed E-state index contributed by atoms with van der Waals surface area (Å²) in [5, 5.41) is 3.17. The van der Waals surface area contributed by atoms with Crippen molar-refractivity contribution in [3.05, 3.63) is 29.8 Å². The molecule has 1 heterocycles. The van der Waals surface area contributed by atoms with Crippen molar-refractivity contribution in [1.82, 2.24) is 10.2 Å². The summed E-state index contributed by atoms with van der Waals surface area (Å²) in [5.74, 6) is 0.989. The molecule has 1 saturated heterocycles. The van der Waals surface area contributed by atoms with E-state index in [0.29, 0.717) is 0 Å². The summed E-state index contributed by atoms with van der Waals surface area (Å²) in [5.41, 5.74) is 1.21. The first kappa shape index (κ1) is 14.3. The first-order valence-corrected chi connectivity index (χ1v) is 7.05. The lowest BCUT2D eigenvalue weighted by Gasteiger charge is -2.19. The molecule has 0 amide bonds. The van der Waals surface area contributed by atoms with Crippen molar-refractivity contribution in [1.29, 1.82) is 0 Å². The van der Waals surface area contributed by atoms with Crippen LogP contribution in [0.3, 0.4) is 0 Å². The molecular formula is C15H24N2O2. The monoisotopic (exact) mass is 264 g/mol. The highest BCUT2D eigenvalue weighted by atomic mass is 16.5. The zero-order chi connectivity index (χ0) is 13.3. The highest BCUT2D eigenvalue weighted by molar-refractivity contribution is 5.33. The summed E-state index contributed by atoms with van der Waals surface area (Å²) in [6.07, 6.45) is 1.12. The summed E-state index contributed by atoms with van der Waals surface area (Å²) < 4.78 is 11.4. The molecule has 106 valence electrons. The molecule has 0 atom stereocenters. The maximum absolute atomic E-state index is 5.91. The average molecular weight is 264 g/mol. The number of ether oxygens (including phenoxy) is 2. The van der Waals surface area contributed by atoms with Gasteiger partial charge in [0.15, 0.2) is 0 Å². The van der Waals surface area contributed by atoms with Crippen LogP contribution in [0, 0.1) is 0 Å². The van der Waals surface area contributed by atoms with Crippen molar-refractivity contribution in [2.75, 3.05) is 46.5 Å². The van der Waals surface area contributed by atoms with E-state index in [1.165, 1.54) is 5.56 Å². The lowest BCUT2D eigenvalue weighted by Crippen LogP contribution is -2.30. The third-order valence-corrected chi connectivity index (χ3v) is 3.32. The molecule has 4 heteroatoms. The van der Waals surface area contributed by atoms with Gasteiger partial charge in [0, 0.05) is 38.3 Å². The highest BCUT2D eigenvalue weighted by Gasteiger charge is 2.09. The molecule has 0 aliphatic carbocycles. The average Bonchev–Trinajstić information content (AvgIpc) is 2.70. The fourth-order valence-corrected chi connectivity index (χ4v) is 2.29. The predicted molar refractivity (Wildman–Crippen MR) is 76.6 cm³/mol. The summed E-state index contributed by atoms with van der Waals surface area (Å²) in [6, 6.07) is 8.21. The van der Waals surface area contributed by atoms with Gasteiger partial charge in [-0.05, 0) is 19.5 Å². The van der Waals surface area contributed by atoms with Gasteiger partial charge < -0.3 is 14.8 Å². The van der Waals surface area contributed by atoms with Gasteiger partial charge in [-0.3, -0.25) is 4.90 Å². The van der Waals surface area contributed by atoms with E-state index in [2.05, 4.69) is 16.3 Å². The molecule has 1 aliphatic heterocycles. The minimum Gasteiger partial charge on any atom is -0.492 e. The van der Waals surface area contributed by atoms with Gasteiger partial charge in [0.1, 0.15) is 12.4 Å². The van der Waals surface area contributed by atoms with Gasteiger partial charge in [-0.25, -0.2) is 0 Å². The smallest absolute Gasteiger partial charge is 0.123 e. The van der Waals surface area contributed by atoms with Crippen LogP contribution >= 0.6 is 0 Å². The van der Waals surface area contributed by atoms with Crippen LogP contribution in [0.15, 0.2) is 24.3 Å². The van der Waals surface area contributed by atoms with Gasteiger partial charge in [0.25, 0.3) is 0 Å². The van der Waals surface area contributed by atoms with Crippen LogP contribution in [-0.4, -0.2) is 51.4 Å². The van der Waals surface area contributed by atoms with E-state index in [9.17, 15) is 0 Å². The molecule has 2 rings (SSSR count). The van der Waals surface area contributed by atoms with E-state index in [-0.39, 0.29) is 0 Å². The van der Waals surface area contributed by atoms with Gasteiger partial charge in [0.05, 0.1) is 6.61 Å². The number of hydrogen-bond donors (Lipinski definition) is 1. The Balaban J connectivity index is 1.78. The molecular weight excluding hydrogens is 240 g/mol. The van der Waals surface area contributed by atoms with Crippen molar-refractivity contribution in [2.24, 2.45) is 0 Å². The number of rotatable bonds is 6. The Morgan fingerprint density at radius 1 is 1.26 bits per heavy atom. The van der Waals surface area contributed by atoms with Crippen molar-refractivity contribution in [3.8, 4) is 5.75 Å². The molecule has 0 aromatic heterocycles. The molecule has 0 bridgehead atoms. The maximum atomic E-state index is 5.91. The van der Waals surface area contributed by atoms with Crippen LogP contribution in [0.4, 0.5) is 0 Å². The fraction of sp³-hybridized carbons (Fsp3) is 0.600. The van der Waals surface area contributed by atoms with Crippen LogP contribution in [-0.2, 0) is 11.3 Å². The Morgan fingerprint density at radius 3 is 3.05 bits per heavy atom. The van der Waals surface area contributed by atoms with Gasteiger partial charge in [-0.15, -0.1) is 0 Å².